The highest BCUT2D eigenvalue weighted by molar-refractivity contribution is 6.04. The third-order valence-electron chi connectivity index (χ3n) is 7.66. The molecule has 0 aliphatic carbocycles. The minimum absolute atomic E-state index is 0.0779. The second kappa shape index (κ2) is 12.7. The summed E-state index contributed by atoms with van der Waals surface area (Å²) in [5.41, 5.74) is 19.0. The molecule has 0 bridgehead atoms. The molecular formula is C27H43N9O2. The number of hydrogen-bond donors (Lipinski definition) is 4. The number of nitrogens with one attached hydrogen (secondary N) is 1. The Balaban J connectivity index is 1.20. The molecule has 3 amide bonds. The first-order valence-electron chi connectivity index (χ1n) is 13.7. The number of hydrogen-bond acceptors (Lipinski definition) is 8. The smallest absolute Gasteiger partial charge is 0.323 e. The van der Waals surface area contributed by atoms with Gasteiger partial charge in [0, 0.05) is 57.2 Å². The van der Waals surface area contributed by atoms with E-state index in [0.29, 0.717) is 44.7 Å². The van der Waals surface area contributed by atoms with Crippen molar-refractivity contribution in [1.82, 2.24) is 20.0 Å². The SMILES string of the molecule is CC(N)(CN)C(=O)N1CCN(C(=O)NC2=NCN(c3ccc(CCN4CCCC(N)CC4)cc3)C=C2)CC1. The quantitative estimate of drug-likeness (QED) is 0.416. The minimum atomic E-state index is -1.08. The molecule has 4 rings (SSSR count). The molecule has 3 aliphatic rings. The van der Waals surface area contributed by atoms with Crippen molar-refractivity contribution in [3.05, 3.63) is 42.1 Å². The van der Waals surface area contributed by atoms with E-state index in [1.807, 2.05) is 11.1 Å². The summed E-state index contributed by atoms with van der Waals surface area (Å²) in [7, 11) is 0. The fourth-order valence-electron chi connectivity index (χ4n) is 4.96. The Morgan fingerprint density at radius 3 is 2.42 bits per heavy atom. The largest absolute Gasteiger partial charge is 0.338 e. The van der Waals surface area contributed by atoms with Crippen molar-refractivity contribution < 1.29 is 9.59 Å². The third kappa shape index (κ3) is 7.31. The van der Waals surface area contributed by atoms with E-state index in [4.69, 9.17) is 17.2 Å². The van der Waals surface area contributed by atoms with Gasteiger partial charge in [0.25, 0.3) is 0 Å². The van der Waals surface area contributed by atoms with Crippen molar-refractivity contribution in [3.8, 4) is 0 Å². The number of nitrogens with zero attached hydrogens (tertiary/aromatic N) is 5. The van der Waals surface area contributed by atoms with Gasteiger partial charge in [0.15, 0.2) is 0 Å². The van der Waals surface area contributed by atoms with Crippen molar-refractivity contribution in [2.45, 2.75) is 44.2 Å². The van der Waals surface area contributed by atoms with Gasteiger partial charge in [0.05, 0.1) is 0 Å². The summed E-state index contributed by atoms with van der Waals surface area (Å²) in [5, 5.41) is 2.87. The van der Waals surface area contributed by atoms with Crippen LogP contribution >= 0.6 is 0 Å². The maximum absolute atomic E-state index is 12.7. The molecule has 11 nitrogen and oxygen atoms in total. The number of likely N-dealkylation sites (tertiary alicyclic amines) is 1. The second-order valence-corrected chi connectivity index (χ2v) is 10.8. The number of amides is 3. The van der Waals surface area contributed by atoms with Crippen molar-refractivity contribution in [3.63, 3.8) is 0 Å². The van der Waals surface area contributed by atoms with E-state index < -0.39 is 5.54 Å². The fraction of sp³-hybridized carbons (Fsp3) is 0.593. The van der Waals surface area contributed by atoms with Crippen LogP contribution in [0.25, 0.3) is 0 Å². The number of nitrogens with two attached hydrogens (primary N) is 3. The van der Waals surface area contributed by atoms with Crippen molar-refractivity contribution >= 4 is 23.5 Å². The lowest BCUT2D eigenvalue weighted by Gasteiger charge is -2.38. The van der Waals surface area contributed by atoms with Gasteiger partial charge in [-0.2, -0.15) is 0 Å². The van der Waals surface area contributed by atoms with Gasteiger partial charge in [-0.25, -0.2) is 9.79 Å². The second-order valence-electron chi connectivity index (χ2n) is 10.8. The monoisotopic (exact) mass is 525 g/mol. The van der Waals surface area contributed by atoms with Crippen molar-refractivity contribution in [1.29, 1.82) is 0 Å². The van der Waals surface area contributed by atoms with Crippen LogP contribution in [-0.2, 0) is 11.2 Å². The van der Waals surface area contributed by atoms with Crippen LogP contribution in [0.3, 0.4) is 0 Å². The van der Waals surface area contributed by atoms with Gasteiger partial charge in [0.1, 0.15) is 18.0 Å². The van der Waals surface area contributed by atoms with Gasteiger partial charge in [-0.05, 0) is 69.5 Å². The number of anilines is 1. The molecule has 1 aromatic carbocycles. The molecule has 2 fully saturated rings. The van der Waals surface area contributed by atoms with Crippen LogP contribution in [0.1, 0.15) is 31.7 Å². The molecule has 7 N–H and O–H groups in total. The van der Waals surface area contributed by atoms with E-state index >= 15 is 0 Å². The molecule has 0 spiro atoms. The molecule has 11 heteroatoms. The number of benzene rings is 1. The Morgan fingerprint density at radius 1 is 1.05 bits per heavy atom. The van der Waals surface area contributed by atoms with Crippen LogP contribution in [-0.4, -0.2) is 103 Å². The highest BCUT2D eigenvalue weighted by Gasteiger charge is 2.34. The molecule has 2 atom stereocenters. The number of rotatable bonds is 6. The Kier molecular flexibility index (Phi) is 9.37. The van der Waals surface area contributed by atoms with E-state index in [2.05, 4.69) is 39.5 Å². The molecule has 208 valence electrons. The molecular weight excluding hydrogens is 482 g/mol. The first-order valence-corrected chi connectivity index (χ1v) is 13.7. The summed E-state index contributed by atoms with van der Waals surface area (Å²) < 4.78 is 0. The van der Waals surface area contributed by atoms with Crippen LogP contribution in [0.4, 0.5) is 10.5 Å². The number of piperazine rings is 1. The van der Waals surface area contributed by atoms with Crippen molar-refractivity contribution in [2.75, 3.05) is 63.9 Å². The lowest BCUT2D eigenvalue weighted by atomic mass is 10.0. The van der Waals surface area contributed by atoms with Crippen molar-refractivity contribution in [2.24, 2.45) is 22.2 Å². The molecule has 0 radical (unpaired) electrons. The van der Waals surface area contributed by atoms with E-state index in [1.165, 1.54) is 12.0 Å². The lowest BCUT2D eigenvalue weighted by molar-refractivity contribution is -0.137. The Labute approximate surface area is 225 Å². The standard InChI is InChI=1S/C27H43N9O2/c1-27(30,19-28)25(37)34-15-17-35(18-16-34)26(38)32-24-10-14-36(20-31-24)23-6-4-21(5-7-23)8-12-33-11-2-3-22(29)9-13-33/h4-7,10,14,22H,2-3,8-9,11-13,15-20,28-30H2,1H3,(H,31,32,38). The highest BCUT2D eigenvalue weighted by atomic mass is 16.2. The number of carbonyl (C=O) groups is 2. The first-order chi connectivity index (χ1) is 18.2. The van der Waals surface area contributed by atoms with Crippen LogP contribution in [0.2, 0.25) is 0 Å². The van der Waals surface area contributed by atoms with Gasteiger partial charge in [-0.3, -0.25) is 10.1 Å². The van der Waals surface area contributed by atoms with Gasteiger partial charge in [-0.15, -0.1) is 0 Å². The minimum Gasteiger partial charge on any atom is -0.338 e. The van der Waals surface area contributed by atoms with Gasteiger partial charge >= 0.3 is 6.03 Å². The Hall–Kier alpha value is -2.99. The third-order valence-corrected chi connectivity index (χ3v) is 7.66. The summed E-state index contributed by atoms with van der Waals surface area (Å²) in [4.78, 5) is 37.7. The summed E-state index contributed by atoms with van der Waals surface area (Å²) >= 11 is 0. The number of carbonyl (C=O) groups excluding carboxylic acids is 2. The van der Waals surface area contributed by atoms with Crippen LogP contribution < -0.4 is 27.4 Å². The van der Waals surface area contributed by atoms with Crippen LogP contribution in [0, 0.1) is 0 Å². The topological polar surface area (TPSA) is 150 Å². The molecule has 2 unspecified atom stereocenters. The Morgan fingerprint density at radius 2 is 1.76 bits per heavy atom. The zero-order chi connectivity index (χ0) is 27.1. The highest BCUT2D eigenvalue weighted by Crippen LogP contribution is 2.18. The molecule has 1 aromatic rings. The number of aliphatic imine (C=N–C) groups is 1. The first kappa shape index (κ1) is 28.0. The average Bonchev–Trinajstić information content (AvgIpc) is 3.16. The average molecular weight is 526 g/mol. The predicted octanol–water partition coefficient (Wildman–Crippen LogP) is 0.262. The molecule has 2 saturated heterocycles. The fourth-order valence-corrected chi connectivity index (χ4v) is 4.96. The maximum atomic E-state index is 12.7. The number of urea groups is 1. The molecule has 0 saturated carbocycles. The van der Waals surface area contributed by atoms with E-state index in [9.17, 15) is 9.59 Å². The normalized spacial score (nSPS) is 22.5. The summed E-state index contributed by atoms with van der Waals surface area (Å²) in [5.74, 6) is 0.339. The van der Waals surface area contributed by atoms with Crippen LogP contribution in [0.5, 0.6) is 0 Å². The maximum Gasteiger partial charge on any atom is 0.323 e. The summed E-state index contributed by atoms with van der Waals surface area (Å²) in [6, 6.07) is 8.73. The Bertz CT molecular complexity index is 1020. The lowest BCUT2D eigenvalue weighted by Crippen LogP contribution is -2.62. The molecule has 0 aromatic heterocycles. The number of amidine groups is 1. The summed E-state index contributed by atoms with van der Waals surface area (Å²) in [6.45, 7) is 7.15. The van der Waals surface area contributed by atoms with Crippen LogP contribution in [0.15, 0.2) is 41.5 Å². The van der Waals surface area contributed by atoms with Gasteiger partial charge < -0.3 is 36.8 Å². The zero-order valence-electron chi connectivity index (χ0n) is 22.5. The van der Waals surface area contributed by atoms with Gasteiger partial charge in [0.2, 0.25) is 5.91 Å². The molecule has 3 aliphatic heterocycles. The molecule has 3 heterocycles. The zero-order valence-corrected chi connectivity index (χ0v) is 22.5. The van der Waals surface area contributed by atoms with E-state index in [-0.39, 0.29) is 18.5 Å². The van der Waals surface area contributed by atoms with E-state index in [0.717, 1.165) is 44.6 Å². The van der Waals surface area contributed by atoms with Gasteiger partial charge in [-0.1, -0.05) is 12.1 Å². The summed E-state index contributed by atoms with van der Waals surface area (Å²) in [6.07, 6.45) is 8.17. The predicted molar refractivity (Wildman–Crippen MR) is 151 cm³/mol. The van der Waals surface area contributed by atoms with E-state index in [1.54, 1.807) is 22.8 Å². The molecule has 38 heavy (non-hydrogen) atoms.